The Labute approximate surface area is 142 Å². The lowest BCUT2D eigenvalue weighted by Crippen LogP contribution is -2.36. The molecule has 0 bridgehead atoms. The van der Waals surface area contributed by atoms with Crippen LogP contribution in [0.4, 0.5) is 0 Å². The number of nitrogens with one attached hydrogen (secondary N) is 2. The highest BCUT2D eigenvalue weighted by Crippen LogP contribution is 2.13. The summed E-state index contributed by atoms with van der Waals surface area (Å²) in [4.78, 5) is 9.25. The average molecular weight is 334 g/mol. The summed E-state index contributed by atoms with van der Waals surface area (Å²) in [5.74, 6) is 0.807. The Morgan fingerprint density at radius 2 is 2.09 bits per heavy atom. The molecule has 0 saturated carbocycles. The molecule has 2 aromatic rings. The number of aliphatic imine (C=N–C) groups is 1. The van der Waals surface area contributed by atoms with Crippen molar-refractivity contribution in [2.45, 2.75) is 47.2 Å². The molecule has 0 amide bonds. The molecule has 2 rings (SSSR count). The van der Waals surface area contributed by atoms with Gasteiger partial charge in [-0.3, -0.25) is 4.68 Å². The molecular weight excluding hydrogens is 308 g/mol. The normalized spacial score (nSPS) is 11.8. The van der Waals surface area contributed by atoms with Gasteiger partial charge in [-0.25, -0.2) is 9.98 Å². The highest BCUT2D eigenvalue weighted by molar-refractivity contribution is 7.09. The molecule has 0 aliphatic carbocycles. The Morgan fingerprint density at radius 3 is 2.65 bits per heavy atom. The topological polar surface area (TPSA) is 67.1 Å². The van der Waals surface area contributed by atoms with Crippen LogP contribution in [0, 0.1) is 13.8 Å². The number of guanidine groups is 1. The Kier molecular flexibility index (Phi) is 6.15. The van der Waals surface area contributed by atoms with E-state index >= 15 is 0 Å². The SMILES string of the molecule is CCNC(=NCc1c(C)nn(C)c1C)NCc1csc(CC)n1. The van der Waals surface area contributed by atoms with Crippen molar-refractivity contribution in [1.82, 2.24) is 25.4 Å². The van der Waals surface area contributed by atoms with Crippen LogP contribution in [0.25, 0.3) is 0 Å². The predicted molar refractivity (Wildman–Crippen MR) is 95.8 cm³/mol. The van der Waals surface area contributed by atoms with Crippen molar-refractivity contribution in [2.24, 2.45) is 12.0 Å². The first kappa shape index (κ1) is 17.5. The quantitative estimate of drug-likeness (QED) is 0.628. The van der Waals surface area contributed by atoms with Gasteiger partial charge in [0.2, 0.25) is 0 Å². The lowest BCUT2D eigenvalue weighted by Gasteiger charge is -2.10. The molecule has 2 aromatic heterocycles. The van der Waals surface area contributed by atoms with Gasteiger partial charge >= 0.3 is 0 Å². The first-order valence-corrected chi connectivity index (χ1v) is 8.87. The first-order chi connectivity index (χ1) is 11.0. The number of aromatic nitrogens is 3. The van der Waals surface area contributed by atoms with Gasteiger partial charge in [0, 0.05) is 30.2 Å². The van der Waals surface area contributed by atoms with E-state index in [1.807, 2.05) is 18.7 Å². The molecule has 0 aromatic carbocycles. The fraction of sp³-hybridized carbons (Fsp3) is 0.562. The van der Waals surface area contributed by atoms with Crippen LogP contribution in [-0.4, -0.2) is 27.3 Å². The number of nitrogens with zero attached hydrogens (tertiary/aromatic N) is 4. The Bertz CT molecular complexity index is 670. The number of hydrogen-bond donors (Lipinski definition) is 2. The molecule has 0 spiro atoms. The van der Waals surface area contributed by atoms with Gasteiger partial charge in [-0.1, -0.05) is 6.92 Å². The smallest absolute Gasteiger partial charge is 0.191 e. The fourth-order valence-corrected chi connectivity index (χ4v) is 3.06. The summed E-state index contributed by atoms with van der Waals surface area (Å²) in [7, 11) is 1.96. The third-order valence-electron chi connectivity index (χ3n) is 3.74. The second kappa shape index (κ2) is 8.10. The minimum absolute atomic E-state index is 0.623. The van der Waals surface area contributed by atoms with E-state index in [0.717, 1.165) is 36.0 Å². The summed E-state index contributed by atoms with van der Waals surface area (Å²) in [6.07, 6.45) is 0.985. The largest absolute Gasteiger partial charge is 0.357 e. The van der Waals surface area contributed by atoms with E-state index in [1.165, 1.54) is 10.6 Å². The Balaban J connectivity index is 2.02. The molecular formula is C16H26N6S. The third kappa shape index (κ3) is 4.54. The van der Waals surface area contributed by atoms with Gasteiger partial charge < -0.3 is 10.6 Å². The monoisotopic (exact) mass is 334 g/mol. The molecule has 2 heterocycles. The van der Waals surface area contributed by atoms with Crippen molar-refractivity contribution >= 4 is 17.3 Å². The summed E-state index contributed by atoms with van der Waals surface area (Å²) >= 11 is 1.71. The minimum atomic E-state index is 0.623. The predicted octanol–water partition coefficient (Wildman–Crippen LogP) is 2.31. The first-order valence-electron chi connectivity index (χ1n) is 7.99. The fourth-order valence-electron chi connectivity index (χ4n) is 2.31. The van der Waals surface area contributed by atoms with Crippen LogP contribution in [0.3, 0.4) is 0 Å². The van der Waals surface area contributed by atoms with Crippen LogP contribution in [0.15, 0.2) is 10.4 Å². The van der Waals surface area contributed by atoms with Crippen molar-refractivity contribution in [3.8, 4) is 0 Å². The van der Waals surface area contributed by atoms with E-state index < -0.39 is 0 Å². The maximum Gasteiger partial charge on any atom is 0.191 e. The van der Waals surface area contributed by atoms with E-state index in [2.05, 4.69) is 51.9 Å². The standard InChI is InChI=1S/C16H26N6S/c1-6-15-20-13(10-23-15)8-18-16(17-7-2)19-9-14-11(3)21-22(5)12(14)4/h10H,6-9H2,1-5H3,(H2,17,18,19). The van der Waals surface area contributed by atoms with Crippen LogP contribution < -0.4 is 10.6 Å². The summed E-state index contributed by atoms with van der Waals surface area (Å²) < 4.78 is 1.90. The van der Waals surface area contributed by atoms with Gasteiger partial charge in [0.05, 0.1) is 29.5 Å². The van der Waals surface area contributed by atoms with Crippen LogP contribution in [0.1, 0.15) is 41.5 Å². The molecule has 7 heteroatoms. The molecule has 0 unspecified atom stereocenters. The van der Waals surface area contributed by atoms with Crippen molar-refractivity contribution in [3.63, 3.8) is 0 Å². The second-order valence-corrected chi connectivity index (χ2v) is 6.35. The van der Waals surface area contributed by atoms with E-state index in [9.17, 15) is 0 Å². The lowest BCUT2D eigenvalue weighted by atomic mass is 10.2. The van der Waals surface area contributed by atoms with Crippen LogP contribution >= 0.6 is 11.3 Å². The number of hydrogen-bond acceptors (Lipinski definition) is 4. The van der Waals surface area contributed by atoms with E-state index in [-0.39, 0.29) is 0 Å². The number of thiazole rings is 1. The summed E-state index contributed by atoms with van der Waals surface area (Å²) in [6, 6.07) is 0. The van der Waals surface area contributed by atoms with Crippen LogP contribution in [-0.2, 0) is 26.6 Å². The maximum atomic E-state index is 4.68. The summed E-state index contributed by atoms with van der Waals surface area (Å²) in [5.41, 5.74) is 4.45. The number of aryl methyl sites for hydroxylation is 3. The van der Waals surface area contributed by atoms with E-state index in [0.29, 0.717) is 13.1 Å². The van der Waals surface area contributed by atoms with E-state index in [4.69, 9.17) is 0 Å². The second-order valence-electron chi connectivity index (χ2n) is 5.41. The zero-order valence-corrected chi connectivity index (χ0v) is 15.4. The molecule has 0 fully saturated rings. The molecule has 23 heavy (non-hydrogen) atoms. The average Bonchev–Trinajstić information content (AvgIpc) is 3.08. The molecule has 0 radical (unpaired) electrons. The van der Waals surface area contributed by atoms with Gasteiger partial charge in [-0.2, -0.15) is 5.10 Å². The van der Waals surface area contributed by atoms with Gasteiger partial charge in [0.25, 0.3) is 0 Å². The van der Waals surface area contributed by atoms with Gasteiger partial charge in [-0.05, 0) is 27.2 Å². The zero-order valence-electron chi connectivity index (χ0n) is 14.6. The van der Waals surface area contributed by atoms with Crippen LogP contribution in [0.5, 0.6) is 0 Å². The summed E-state index contributed by atoms with van der Waals surface area (Å²) in [5, 5.41) is 14.3. The van der Waals surface area contributed by atoms with Gasteiger partial charge in [-0.15, -0.1) is 11.3 Å². The lowest BCUT2D eigenvalue weighted by molar-refractivity contribution is 0.730. The van der Waals surface area contributed by atoms with Crippen molar-refractivity contribution in [3.05, 3.63) is 33.0 Å². The van der Waals surface area contributed by atoms with E-state index in [1.54, 1.807) is 11.3 Å². The highest BCUT2D eigenvalue weighted by Gasteiger charge is 2.09. The van der Waals surface area contributed by atoms with Crippen molar-refractivity contribution in [2.75, 3.05) is 6.54 Å². The van der Waals surface area contributed by atoms with Crippen LogP contribution in [0.2, 0.25) is 0 Å². The van der Waals surface area contributed by atoms with Crippen molar-refractivity contribution in [1.29, 1.82) is 0 Å². The highest BCUT2D eigenvalue weighted by atomic mass is 32.1. The maximum absolute atomic E-state index is 4.68. The molecule has 126 valence electrons. The molecule has 0 aliphatic rings. The molecule has 0 saturated heterocycles. The van der Waals surface area contributed by atoms with Gasteiger partial charge in [0.1, 0.15) is 0 Å². The molecule has 0 atom stereocenters. The number of rotatable bonds is 6. The third-order valence-corrected chi connectivity index (χ3v) is 4.78. The zero-order chi connectivity index (χ0) is 16.8. The molecule has 6 nitrogen and oxygen atoms in total. The Hall–Kier alpha value is -1.89. The van der Waals surface area contributed by atoms with Gasteiger partial charge in [0.15, 0.2) is 5.96 Å². The van der Waals surface area contributed by atoms with Crippen molar-refractivity contribution < 1.29 is 0 Å². The molecule has 0 aliphatic heterocycles. The molecule has 2 N–H and O–H groups in total. The Morgan fingerprint density at radius 1 is 1.30 bits per heavy atom. The summed E-state index contributed by atoms with van der Waals surface area (Å²) in [6.45, 7) is 10.4. The minimum Gasteiger partial charge on any atom is -0.357 e.